The number of hydrogen-bond acceptors (Lipinski definition) is 4. The summed E-state index contributed by atoms with van der Waals surface area (Å²) in [4.78, 5) is 0. The largest absolute Gasteiger partial charge is 0.508 e. The summed E-state index contributed by atoms with van der Waals surface area (Å²) in [5, 5.41) is 9.36. The Kier molecular flexibility index (Phi) is 3.80. The average Bonchev–Trinajstić information content (AvgIpc) is 2.46. The highest BCUT2D eigenvalue weighted by Gasteiger charge is 2.15. The molecule has 0 heterocycles. The van der Waals surface area contributed by atoms with E-state index in [0.717, 1.165) is 11.1 Å². The van der Waals surface area contributed by atoms with Gasteiger partial charge in [0.15, 0.2) is 0 Å². The molecule has 2 aromatic rings. The van der Waals surface area contributed by atoms with Crippen LogP contribution >= 0.6 is 0 Å². The van der Waals surface area contributed by atoms with Crippen molar-refractivity contribution in [3.05, 3.63) is 36.4 Å². The quantitative estimate of drug-likeness (QED) is 0.917. The summed E-state index contributed by atoms with van der Waals surface area (Å²) in [6, 6.07) is 10.5. The van der Waals surface area contributed by atoms with E-state index >= 15 is 0 Å². The monoisotopic (exact) mass is 260 g/mol. The zero-order chi connectivity index (χ0) is 13.8. The lowest BCUT2D eigenvalue weighted by Crippen LogP contribution is -1.95. The molecule has 0 unspecified atom stereocenters. The Morgan fingerprint density at radius 2 is 1.32 bits per heavy atom. The molecular weight excluding hydrogens is 244 g/mol. The van der Waals surface area contributed by atoms with Crippen LogP contribution in [0.2, 0.25) is 0 Å². The Balaban J connectivity index is 2.63. The van der Waals surface area contributed by atoms with Gasteiger partial charge in [-0.2, -0.15) is 0 Å². The minimum Gasteiger partial charge on any atom is -0.508 e. The second-order valence-electron chi connectivity index (χ2n) is 3.95. The van der Waals surface area contributed by atoms with Crippen molar-refractivity contribution >= 4 is 0 Å². The fraction of sp³-hybridized carbons (Fsp3) is 0.200. The number of methoxy groups -OCH3 is 3. The summed E-state index contributed by atoms with van der Waals surface area (Å²) in [7, 11) is 4.78. The van der Waals surface area contributed by atoms with Crippen molar-refractivity contribution in [3.8, 4) is 34.1 Å². The van der Waals surface area contributed by atoms with Crippen molar-refractivity contribution in [1.82, 2.24) is 0 Å². The van der Waals surface area contributed by atoms with Gasteiger partial charge in [-0.1, -0.05) is 12.1 Å². The van der Waals surface area contributed by atoms with E-state index in [1.165, 1.54) is 0 Å². The molecule has 0 aliphatic heterocycles. The summed E-state index contributed by atoms with van der Waals surface area (Å²) in [5.41, 5.74) is 1.72. The number of aromatic hydroxyl groups is 1. The molecule has 19 heavy (non-hydrogen) atoms. The molecule has 0 radical (unpaired) electrons. The number of ether oxygens (including phenoxy) is 3. The van der Waals surface area contributed by atoms with Crippen molar-refractivity contribution in [2.24, 2.45) is 0 Å². The molecule has 0 aliphatic rings. The van der Waals surface area contributed by atoms with Gasteiger partial charge in [0.1, 0.15) is 23.0 Å². The molecule has 0 spiro atoms. The molecule has 1 N–H and O–H groups in total. The number of phenols is 1. The van der Waals surface area contributed by atoms with E-state index in [4.69, 9.17) is 14.2 Å². The summed E-state index contributed by atoms with van der Waals surface area (Å²) in [5.74, 6) is 2.19. The van der Waals surface area contributed by atoms with Gasteiger partial charge in [0.25, 0.3) is 0 Å². The van der Waals surface area contributed by atoms with Crippen LogP contribution in [-0.2, 0) is 0 Å². The van der Waals surface area contributed by atoms with Gasteiger partial charge >= 0.3 is 0 Å². The molecule has 2 aromatic carbocycles. The third-order valence-corrected chi connectivity index (χ3v) is 2.87. The highest BCUT2D eigenvalue weighted by atomic mass is 16.5. The maximum atomic E-state index is 9.36. The van der Waals surface area contributed by atoms with Crippen LogP contribution in [0.15, 0.2) is 36.4 Å². The lowest BCUT2D eigenvalue weighted by atomic mass is 10.0. The first kappa shape index (κ1) is 13.1. The normalized spacial score (nSPS) is 10.1. The van der Waals surface area contributed by atoms with Crippen LogP contribution in [0.3, 0.4) is 0 Å². The predicted octanol–water partition coefficient (Wildman–Crippen LogP) is 3.09. The van der Waals surface area contributed by atoms with Crippen molar-refractivity contribution in [2.45, 2.75) is 0 Å². The van der Waals surface area contributed by atoms with Gasteiger partial charge < -0.3 is 19.3 Å². The molecule has 0 bridgehead atoms. The van der Waals surface area contributed by atoms with E-state index in [1.807, 2.05) is 12.1 Å². The highest BCUT2D eigenvalue weighted by Crippen LogP contribution is 2.41. The van der Waals surface area contributed by atoms with E-state index in [0.29, 0.717) is 17.2 Å². The first-order chi connectivity index (χ1) is 9.19. The van der Waals surface area contributed by atoms with Crippen LogP contribution in [0.1, 0.15) is 0 Å². The Labute approximate surface area is 112 Å². The highest BCUT2D eigenvalue weighted by molar-refractivity contribution is 5.78. The van der Waals surface area contributed by atoms with Gasteiger partial charge in [0.05, 0.1) is 26.9 Å². The number of hydrogen-bond donors (Lipinski definition) is 1. The Bertz CT molecular complexity index is 536. The predicted molar refractivity (Wildman–Crippen MR) is 73.2 cm³/mol. The smallest absolute Gasteiger partial charge is 0.134 e. The molecule has 0 aromatic heterocycles. The molecule has 4 nitrogen and oxygen atoms in total. The molecular formula is C15H16O4. The van der Waals surface area contributed by atoms with Gasteiger partial charge in [-0.25, -0.2) is 0 Å². The standard InChI is InChI=1S/C15H16O4/c1-17-12-8-13(18-2)15(14(9-12)19-3)10-4-6-11(16)7-5-10/h4-9,16H,1-3H3. The van der Waals surface area contributed by atoms with E-state index in [2.05, 4.69) is 0 Å². The molecule has 2 rings (SSSR count). The molecule has 0 atom stereocenters. The van der Waals surface area contributed by atoms with Gasteiger partial charge in [0, 0.05) is 12.1 Å². The van der Waals surface area contributed by atoms with Crippen molar-refractivity contribution in [3.63, 3.8) is 0 Å². The van der Waals surface area contributed by atoms with Gasteiger partial charge in [-0.15, -0.1) is 0 Å². The Morgan fingerprint density at radius 1 is 0.789 bits per heavy atom. The molecule has 4 heteroatoms. The van der Waals surface area contributed by atoms with E-state index in [-0.39, 0.29) is 5.75 Å². The van der Waals surface area contributed by atoms with Crippen LogP contribution in [0.4, 0.5) is 0 Å². The lowest BCUT2D eigenvalue weighted by molar-refractivity contribution is 0.377. The van der Waals surface area contributed by atoms with Crippen molar-refractivity contribution < 1.29 is 19.3 Å². The fourth-order valence-electron chi connectivity index (χ4n) is 1.92. The molecule has 0 saturated heterocycles. The molecule has 0 aliphatic carbocycles. The Morgan fingerprint density at radius 3 is 1.74 bits per heavy atom. The van der Waals surface area contributed by atoms with E-state index in [9.17, 15) is 5.11 Å². The molecule has 0 fully saturated rings. The van der Waals surface area contributed by atoms with Gasteiger partial charge in [0.2, 0.25) is 0 Å². The van der Waals surface area contributed by atoms with Gasteiger partial charge in [-0.3, -0.25) is 0 Å². The number of phenolic OH excluding ortho intramolecular Hbond substituents is 1. The van der Waals surface area contributed by atoms with Crippen LogP contribution in [0.5, 0.6) is 23.0 Å². The zero-order valence-electron chi connectivity index (χ0n) is 11.1. The lowest BCUT2D eigenvalue weighted by Gasteiger charge is -2.15. The molecule has 0 saturated carbocycles. The first-order valence-electron chi connectivity index (χ1n) is 5.79. The number of rotatable bonds is 4. The van der Waals surface area contributed by atoms with Crippen LogP contribution in [0, 0.1) is 0 Å². The third kappa shape index (κ3) is 2.57. The van der Waals surface area contributed by atoms with Crippen LogP contribution < -0.4 is 14.2 Å². The summed E-state index contributed by atoms with van der Waals surface area (Å²) in [6.45, 7) is 0. The van der Waals surface area contributed by atoms with Crippen molar-refractivity contribution in [1.29, 1.82) is 0 Å². The summed E-state index contributed by atoms with van der Waals surface area (Å²) in [6.07, 6.45) is 0. The average molecular weight is 260 g/mol. The first-order valence-corrected chi connectivity index (χ1v) is 5.79. The summed E-state index contributed by atoms with van der Waals surface area (Å²) >= 11 is 0. The maximum absolute atomic E-state index is 9.36. The number of benzene rings is 2. The summed E-state index contributed by atoms with van der Waals surface area (Å²) < 4.78 is 16.0. The second kappa shape index (κ2) is 5.52. The molecule has 100 valence electrons. The van der Waals surface area contributed by atoms with Gasteiger partial charge in [-0.05, 0) is 17.7 Å². The minimum absolute atomic E-state index is 0.218. The second-order valence-corrected chi connectivity index (χ2v) is 3.95. The van der Waals surface area contributed by atoms with Crippen molar-refractivity contribution in [2.75, 3.05) is 21.3 Å². The maximum Gasteiger partial charge on any atom is 0.134 e. The zero-order valence-corrected chi connectivity index (χ0v) is 11.1. The van der Waals surface area contributed by atoms with E-state index < -0.39 is 0 Å². The fourth-order valence-corrected chi connectivity index (χ4v) is 1.92. The van der Waals surface area contributed by atoms with E-state index in [1.54, 1.807) is 45.6 Å². The van der Waals surface area contributed by atoms with Crippen LogP contribution in [-0.4, -0.2) is 26.4 Å². The minimum atomic E-state index is 0.218. The topological polar surface area (TPSA) is 47.9 Å². The third-order valence-electron chi connectivity index (χ3n) is 2.87. The SMILES string of the molecule is COc1cc(OC)c(-c2ccc(O)cc2)c(OC)c1. The molecule has 0 amide bonds. The van der Waals surface area contributed by atoms with Crippen LogP contribution in [0.25, 0.3) is 11.1 Å². The Hall–Kier alpha value is -2.36.